The van der Waals surface area contributed by atoms with Crippen molar-refractivity contribution in [1.29, 1.82) is 0 Å². The molecule has 0 saturated heterocycles. The fourth-order valence-corrected chi connectivity index (χ4v) is 2.35. The van der Waals surface area contributed by atoms with E-state index in [-0.39, 0.29) is 0 Å². The Kier molecular flexibility index (Phi) is 3.58. The summed E-state index contributed by atoms with van der Waals surface area (Å²) in [7, 11) is 0. The molecule has 3 aromatic rings. The maximum absolute atomic E-state index is 5.96. The Balaban J connectivity index is 2.15. The van der Waals surface area contributed by atoms with Gasteiger partial charge in [0.1, 0.15) is 0 Å². The summed E-state index contributed by atoms with van der Waals surface area (Å²) in [4.78, 5) is 0. The van der Waals surface area contributed by atoms with Crippen LogP contribution in [0.2, 0.25) is 5.02 Å². The number of aromatic nitrogens is 4. The molecule has 0 bridgehead atoms. The van der Waals surface area contributed by atoms with E-state index in [9.17, 15) is 0 Å². The lowest BCUT2D eigenvalue weighted by molar-refractivity contribution is 0.783. The smallest absolute Gasteiger partial charge is 0.187 e. The zero-order valence-corrected chi connectivity index (χ0v) is 12.2. The molecule has 21 heavy (non-hydrogen) atoms. The number of aryl methyl sites for hydroxylation is 1. The van der Waals surface area contributed by atoms with Crippen molar-refractivity contribution in [3.05, 3.63) is 53.1 Å². The van der Waals surface area contributed by atoms with Crippen LogP contribution in [0.5, 0.6) is 0 Å². The Morgan fingerprint density at radius 2 is 2.00 bits per heavy atom. The first-order valence-electron chi connectivity index (χ1n) is 6.62. The number of hydrogen-bond donors (Lipinski definition) is 1. The van der Waals surface area contributed by atoms with Gasteiger partial charge in [-0.2, -0.15) is 4.68 Å². The van der Waals surface area contributed by atoms with Crippen LogP contribution in [0.3, 0.4) is 0 Å². The van der Waals surface area contributed by atoms with Crippen molar-refractivity contribution in [2.24, 2.45) is 0 Å². The van der Waals surface area contributed by atoms with Gasteiger partial charge in [-0.1, -0.05) is 36.7 Å². The molecular weight excluding hydrogens is 286 g/mol. The molecular formula is C15H14ClN5. The van der Waals surface area contributed by atoms with Gasteiger partial charge in [-0.3, -0.25) is 0 Å². The highest BCUT2D eigenvalue weighted by molar-refractivity contribution is 6.33. The van der Waals surface area contributed by atoms with Gasteiger partial charge in [-0.25, -0.2) is 0 Å². The molecule has 2 aromatic carbocycles. The minimum absolute atomic E-state index is 0.507. The van der Waals surface area contributed by atoms with E-state index in [1.807, 2.05) is 24.3 Å². The van der Waals surface area contributed by atoms with Crippen molar-refractivity contribution in [3.63, 3.8) is 0 Å². The maximum atomic E-state index is 5.96. The summed E-state index contributed by atoms with van der Waals surface area (Å²) in [6.45, 7) is 2.10. The average molecular weight is 300 g/mol. The fraction of sp³-hybridized carbons (Fsp3) is 0.133. The summed E-state index contributed by atoms with van der Waals surface area (Å²) in [5.74, 6) is 0.638. The van der Waals surface area contributed by atoms with Gasteiger partial charge in [0.2, 0.25) is 0 Å². The average Bonchev–Trinajstić information content (AvgIpc) is 2.99. The molecule has 6 heteroatoms. The topological polar surface area (TPSA) is 69.6 Å². The molecule has 0 fully saturated rings. The Morgan fingerprint density at radius 1 is 1.19 bits per heavy atom. The third-order valence-electron chi connectivity index (χ3n) is 3.32. The second kappa shape index (κ2) is 5.54. The molecule has 0 amide bonds. The van der Waals surface area contributed by atoms with Gasteiger partial charge in [0.05, 0.1) is 16.4 Å². The molecule has 1 aromatic heterocycles. The Morgan fingerprint density at radius 3 is 2.76 bits per heavy atom. The van der Waals surface area contributed by atoms with E-state index in [4.69, 9.17) is 17.3 Å². The predicted octanol–water partition coefficient (Wildman–Crippen LogP) is 3.13. The van der Waals surface area contributed by atoms with Crippen LogP contribution in [0.1, 0.15) is 12.5 Å². The summed E-state index contributed by atoms with van der Waals surface area (Å²) < 4.78 is 1.72. The van der Waals surface area contributed by atoms with E-state index in [2.05, 4.69) is 28.5 Å². The normalized spacial score (nSPS) is 10.8. The third-order valence-corrected chi connectivity index (χ3v) is 3.67. The molecule has 0 saturated carbocycles. The highest BCUT2D eigenvalue weighted by Crippen LogP contribution is 2.27. The van der Waals surface area contributed by atoms with Crippen molar-refractivity contribution in [2.75, 3.05) is 5.73 Å². The Bertz CT molecular complexity index is 781. The first-order chi connectivity index (χ1) is 10.2. The van der Waals surface area contributed by atoms with Gasteiger partial charge in [-0.15, -0.1) is 5.10 Å². The quantitative estimate of drug-likeness (QED) is 0.754. The number of para-hydroxylation sites is 1. The number of nitrogens with two attached hydrogens (primary N) is 1. The van der Waals surface area contributed by atoms with E-state index >= 15 is 0 Å². The second-order valence-corrected chi connectivity index (χ2v) is 5.04. The zero-order chi connectivity index (χ0) is 14.8. The van der Waals surface area contributed by atoms with E-state index in [1.54, 1.807) is 16.8 Å². The highest BCUT2D eigenvalue weighted by Gasteiger charge is 2.13. The van der Waals surface area contributed by atoms with Crippen molar-refractivity contribution in [3.8, 4) is 17.1 Å². The summed E-state index contributed by atoms with van der Waals surface area (Å²) >= 11 is 5.96. The SMILES string of the molecule is CCc1ccccc1-n1nnnc1-c1ccc(Cl)c(N)c1. The number of rotatable bonds is 3. The van der Waals surface area contributed by atoms with Gasteiger partial charge in [-0.05, 0) is 46.7 Å². The minimum atomic E-state index is 0.507. The molecule has 0 aliphatic heterocycles. The lowest BCUT2D eigenvalue weighted by Crippen LogP contribution is -2.03. The lowest BCUT2D eigenvalue weighted by Gasteiger charge is -2.09. The number of tetrazole rings is 1. The molecule has 2 N–H and O–H groups in total. The number of benzene rings is 2. The molecule has 0 spiro atoms. The highest BCUT2D eigenvalue weighted by atomic mass is 35.5. The summed E-state index contributed by atoms with van der Waals surface area (Å²) in [5, 5.41) is 12.5. The number of anilines is 1. The molecule has 0 aliphatic rings. The van der Waals surface area contributed by atoms with Gasteiger partial charge in [0.25, 0.3) is 0 Å². The largest absolute Gasteiger partial charge is 0.398 e. The molecule has 0 radical (unpaired) electrons. The van der Waals surface area contributed by atoms with Crippen LogP contribution in [0.15, 0.2) is 42.5 Å². The van der Waals surface area contributed by atoms with E-state index in [0.717, 1.165) is 17.7 Å². The first kappa shape index (κ1) is 13.6. The van der Waals surface area contributed by atoms with Crippen LogP contribution in [-0.2, 0) is 6.42 Å². The second-order valence-electron chi connectivity index (χ2n) is 4.63. The van der Waals surface area contributed by atoms with Gasteiger partial charge in [0.15, 0.2) is 5.82 Å². The zero-order valence-electron chi connectivity index (χ0n) is 11.5. The number of halogens is 1. The number of nitrogen functional groups attached to an aromatic ring is 1. The molecule has 0 atom stereocenters. The standard InChI is InChI=1S/C15H14ClN5/c1-2-10-5-3-4-6-14(10)21-15(18-19-20-21)11-7-8-12(16)13(17)9-11/h3-9H,2,17H2,1H3. The minimum Gasteiger partial charge on any atom is -0.398 e. The van der Waals surface area contributed by atoms with Crippen LogP contribution in [0, 0.1) is 0 Å². The summed E-state index contributed by atoms with van der Waals surface area (Å²) in [6, 6.07) is 13.4. The van der Waals surface area contributed by atoms with E-state index in [1.165, 1.54) is 5.56 Å². The molecule has 106 valence electrons. The number of nitrogens with zero attached hydrogens (tertiary/aromatic N) is 4. The monoisotopic (exact) mass is 299 g/mol. The third kappa shape index (κ3) is 2.48. The van der Waals surface area contributed by atoms with Crippen LogP contribution < -0.4 is 5.73 Å². The Labute approximate surface area is 127 Å². The summed E-state index contributed by atoms with van der Waals surface area (Å²) in [6.07, 6.45) is 0.901. The molecule has 0 unspecified atom stereocenters. The molecule has 0 aliphatic carbocycles. The van der Waals surface area contributed by atoms with Crippen LogP contribution in [0.25, 0.3) is 17.1 Å². The van der Waals surface area contributed by atoms with Crippen LogP contribution in [-0.4, -0.2) is 20.2 Å². The van der Waals surface area contributed by atoms with Crippen molar-refractivity contribution in [1.82, 2.24) is 20.2 Å². The molecule has 5 nitrogen and oxygen atoms in total. The van der Waals surface area contributed by atoms with Crippen molar-refractivity contribution >= 4 is 17.3 Å². The Hall–Kier alpha value is -2.40. The van der Waals surface area contributed by atoms with Crippen LogP contribution in [0.4, 0.5) is 5.69 Å². The van der Waals surface area contributed by atoms with E-state index in [0.29, 0.717) is 16.5 Å². The van der Waals surface area contributed by atoms with Crippen molar-refractivity contribution < 1.29 is 0 Å². The van der Waals surface area contributed by atoms with Crippen molar-refractivity contribution in [2.45, 2.75) is 13.3 Å². The summed E-state index contributed by atoms with van der Waals surface area (Å²) in [5.41, 5.74) is 9.34. The molecule has 3 rings (SSSR count). The van der Waals surface area contributed by atoms with Crippen LogP contribution >= 0.6 is 11.6 Å². The first-order valence-corrected chi connectivity index (χ1v) is 7.00. The fourth-order valence-electron chi connectivity index (χ4n) is 2.23. The van der Waals surface area contributed by atoms with Gasteiger partial charge in [0, 0.05) is 5.56 Å². The van der Waals surface area contributed by atoms with Gasteiger partial charge < -0.3 is 5.73 Å². The predicted molar refractivity (Wildman–Crippen MR) is 83.4 cm³/mol. The molecule has 1 heterocycles. The van der Waals surface area contributed by atoms with Gasteiger partial charge >= 0.3 is 0 Å². The number of hydrogen-bond acceptors (Lipinski definition) is 4. The maximum Gasteiger partial charge on any atom is 0.187 e. The lowest BCUT2D eigenvalue weighted by atomic mass is 10.1. The van der Waals surface area contributed by atoms with E-state index < -0.39 is 0 Å².